The van der Waals surface area contributed by atoms with Crippen molar-refractivity contribution in [2.45, 2.75) is 19.1 Å². The lowest BCUT2D eigenvalue weighted by molar-refractivity contribution is -0.386. The Morgan fingerprint density at radius 2 is 1.77 bits per heavy atom. The van der Waals surface area contributed by atoms with E-state index in [0.717, 1.165) is 31.4 Å². The number of ether oxygens (including phenoxy) is 4. The Hall–Kier alpha value is -3.83. The number of nitrogens with zero attached hydrogens (tertiary/aromatic N) is 1. The van der Waals surface area contributed by atoms with E-state index in [1.54, 1.807) is 30.3 Å². The molecule has 0 aliphatic carbocycles. The number of rotatable bonds is 9. The number of carbonyl (C=O) groups is 1. The number of alkyl halides is 3. The third-order valence-electron chi connectivity index (χ3n) is 4.49. The van der Waals surface area contributed by atoms with Gasteiger partial charge in [0.05, 0.1) is 29.2 Å². The summed E-state index contributed by atoms with van der Waals surface area (Å²) in [5.74, 6) is -1.55. The van der Waals surface area contributed by atoms with E-state index >= 15 is 0 Å². The number of carbonyl (C=O) groups excluding carboxylic acids is 1. The molecule has 0 radical (unpaired) electrons. The third kappa shape index (κ3) is 6.84. The summed E-state index contributed by atoms with van der Waals surface area (Å²) in [6, 6.07) is 14.5. The summed E-state index contributed by atoms with van der Waals surface area (Å²) in [5.41, 5.74) is -0.791. The van der Waals surface area contributed by atoms with Crippen LogP contribution in [0.1, 0.15) is 11.1 Å². The summed E-state index contributed by atoms with van der Waals surface area (Å²) in [5, 5.41) is 11.1. The molecule has 0 aliphatic rings. The first-order valence-corrected chi connectivity index (χ1v) is 10.2. The molecule has 0 saturated heterocycles. The van der Waals surface area contributed by atoms with Crippen molar-refractivity contribution in [3.8, 4) is 17.2 Å². The van der Waals surface area contributed by atoms with Gasteiger partial charge in [0.15, 0.2) is 0 Å². The molecule has 0 spiro atoms. The van der Waals surface area contributed by atoms with E-state index in [1.165, 1.54) is 6.07 Å². The normalized spacial score (nSPS) is 12.0. The number of methoxy groups -OCH3 is 1. The van der Waals surface area contributed by atoms with Gasteiger partial charge in [-0.2, -0.15) is 13.2 Å². The first-order valence-electron chi connectivity index (χ1n) is 9.81. The van der Waals surface area contributed by atoms with Crippen LogP contribution in [0, 0.1) is 10.1 Å². The molecule has 0 fully saturated rings. The van der Waals surface area contributed by atoms with Crippen LogP contribution in [-0.4, -0.2) is 24.3 Å². The van der Waals surface area contributed by atoms with Gasteiger partial charge in [0.1, 0.15) is 11.5 Å². The molecule has 0 aliphatic heterocycles. The summed E-state index contributed by atoms with van der Waals surface area (Å²) in [7, 11) is 1.09. The monoisotopic (exact) mass is 511 g/mol. The Kier molecular flexibility index (Phi) is 8.15. The molecule has 12 heteroatoms. The summed E-state index contributed by atoms with van der Waals surface area (Å²) >= 11 is 5.91. The highest BCUT2D eigenvalue weighted by Crippen LogP contribution is 2.38. The molecular weight excluding hydrogens is 495 g/mol. The Bertz CT molecular complexity index is 1210. The molecule has 8 nitrogen and oxygen atoms in total. The topological polar surface area (TPSA) is 97.1 Å². The van der Waals surface area contributed by atoms with Crippen molar-refractivity contribution in [1.29, 1.82) is 0 Å². The van der Waals surface area contributed by atoms with Gasteiger partial charge in [-0.05, 0) is 29.8 Å². The van der Waals surface area contributed by atoms with Gasteiger partial charge >= 0.3 is 17.8 Å². The van der Waals surface area contributed by atoms with E-state index in [1.807, 2.05) is 0 Å². The summed E-state index contributed by atoms with van der Waals surface area (Å²) in [4.78, 5) is 22.9. The van der Waals surface area contributed by atoms with E-state index < -0.39 is 40.4 Å². The first kappa shape index (κ1) is 25.8. The van der Waals surface area contributed by atoms with Crippen LogP contribution in [0.3, 0.4) is 0 Å². The Labute approximate surface area is 201 Å². The predicted molar refractivity (Wildman–Crippen MR) is 117 cm³/mol. The largest absolute Gasteiger partial charge is 0.464 e. The van der Waals surface area contributed by atoms with Crippen LogP contribution >= 0.6 is 11.6 Å². The fourth-order valence-electron chi connectivity index (χ4n) is 2.80. The van der Waals surface area contributed by atoms with Crippen molar-refractivity contribution < 1.29 is 41.8 Å². The maximum Gasteiger partial charge on any atom is 0.416 e. The molecule has 0 N–H and O–H groups in total. The number of halogens is 4. The summed E-state index contributed by atoms with van der Waals surface area (Å²) in [6.07, 6.45) is -6.26. The van der Waals surface area contributed by atoms with Gasteiger partial charge in [-0.15, -0.1) is 0 Å². The Morgan fingerprint density at radius 3 is 2.37 bits per heavy atom. The average molecular weight is 512 g/mol. The minimum atomic E-state index is -4.60. The smallest absolute Gasteiger partial charge is 0.416 e. The number of hydrogen-bond donors (Lipinski definition) is 0. The number of nitro groups is 1. The third-order valence-corrected chi connectivity index (χ3v) is 4.78. The molecule has 0 saturated carbocycles. The lowest BCUT2D eigenvalue weighted by Gasteiger charge is -2.18. The van der Waals surface area contributed by atoms with Crippen LogP contribution in [0.2, 0.25) is 5.02 Å². The second-order valence-electron chi connectivity index (χ2n) is 6.90. The molecule has 3 aromatic rings. The number of nitro benzene ring substituents is 1. The van der Waals surface area contributed by atoms with Crippen LogP contribution in [-0.2, 0) is 27.1 Å². The fourth-order valence-corrected chi connectivity index (χ4v) is 3.02. The van der Waals surface area contributed by atoms with Crippen LogP contribution in [0.5, 0.6) is 17.2 Å². The van der Waals surface area contributed by atoms with E-state index in [4.69, 9.17) is 25.8 Å². The highest BCUT2D eigenvalue weighted by Gasteiger charge is 2.31. The molecule has 3 aromatic carbocycles. The standard InChI is InChI=1S/C23H17ClF3NO7/c1-32-21(29)22(33-13-14-5-3-2-4-6-14)35-20-12-16(8-9-18(20)28(30)31)34-19-10-7-15(11-17(19)24)23(25,26)27/h2-12,22H,13H2,1H3. The lowest BCUT2D eigenvalue weighted by atomic mass is 10.2. The molecule has 1 atom stereocenters. The Morgan fingerprint density at radius 1 is 1.06 bits per heavy atom. The summed E-state index contributed by atoms with van der Waals surface area (Å²) < 4.78 is 59.6. The average Bonchev–Trinajstić information content (AvgIpc) is 2.82. The van der Waals surface area contributed by atoms with Crippen LogP contribution < -0.4 is 9.47 Å². The zero-order valence-corrected chi connectivity index (χ0v) is 18.7. The van der Waals surface area contributed by atoms with Crippen LogP contribution in [0.25, 0.3) is 0 Å². The van der Waals surface area contributed by atoms with E-state index in [-0.39, 0.29) is 23.1 Å². The highest BCUT2D eigenvalue weighted by atomic mass is 35.5. The molecule has 0 bridgehead atoms. The van der Waals surface area contributed by atoms with Gasteiger partial charge in [0.2, 0.25) is 5.75 Å². The molecule has 0 aromatic heterocycles. The maximum absolute atomic E-state index is 12.9. The minimum absolute atomic E-state index is 0.0565. The van der Waals surface area contributed by atoms with E-state index in [0.29, 0.717) is 11.6 Å². The zero-order chi connectivity index (χ0) is 25.6. The van der Waals surface area contributed by atoms with Crippen molar-refractivity contribution in [2.24, 2.45) is 0 Å². The highest BCUT2D eigenvalue weighted by molar-refractivity contribution is 6.32. The van der Waals surface area contributed by atoms with Gasteiger partial charge in [-0.25, -0.2) is 4.79 Å². The van der Waals surface area contributed by atoms with Crippen molar-refractivity contribution in [2.75, 3.05) is 7.11 Å². The lowest BCUT2D eigenvalue weighted by Crippen LogP contribution is -2.31. The second-order valence-corrected chi connectivity index (χ2v) is 7.31. The van der Waals surface area contributed by atoms with Gasteiger partial charge < -0.3 is 18.9 Å². The minimum Gasteiger partial charge on any atom is -0.464 e. The van der Waals surface area contributed by atoms with E-state index in [9.17, 15) is 28.1 Å². The second kappa shape index (κ2) is 11.1. The molecule has 1 unspecified atom stereocenters. The van der Waals surface area contributed by atoms with Crippen molar-refractivity contribution in [1.82, 2.24) is 0 Å². The maximum atomic E-state index is 12.9. The Balaban J connectivity index is 1.86. The van der Waals surface area contributed by atoms with Gasteiger partial charge in [0.25, 0.3) is 6.29 Å². The molecule has 0 heterocycles. The van der Waals surface area contributed by atoms with Crippen molar-refractivity contribution >= 4 is 23.3 Å². The quantitative estimate of drug-likeness (QED) is 0.147. The van der Waals surface area contributed by atoms with Crippen molar-refractivity contribution in [3.63, 3.8) is 0 Å². The molecule has 184 valence electrons. The zero-order valence-electron chi connectivity index (χ0n) is 18.0. The molecule has 35 heavy (non-hydrogen) atoms. The molecule has 0 amide bonds. The van der Waals surface area contributed by atoms with Gasteiger partial charge in [0, 0.05) is 12.1 Å². The summed E-state index contributed by atoms with van der Waals surface area (Å²) in [6.45, 7) is -0.0637. The first-order chi connectivity index (χ1) is 16.6. The number of benzene rings is 3. The van der Waals surface area contributed by atoms with Crippen molar-refractivity contribution in [3.05, 3.63) is 93.0 Å². The fraction of sp³-hybridized carbons (Fsp3) is 0.174. The number of hydrogen-bond acceptors (Lipinski definition) is 7. The molecule has 3 rings (SSSR count). The predicted octanol–water partition coefficient (Wildman–Crippen LogP) is 6.15. The van der Waals surface area contributed by atoms with Gasteiger partial charge in [-0.3, -0.25) is 10.1 Å². The number of esters is 1. The van der Waals surface area contributed by atoms with Gasteiger partial charge in [-0.1, -0.05) is 41.9 Å². The van der Waals surface area contributed by atoms with E-state index in [2.05, 4.69) is 4.74 Å². The van der Waals surface area contributed by atoms with Crippen LogP contribution in [0.4, 0.5) is 18.9 Å². The SMILES string of the molecule is COC(=O)C(OCc1ccccc1)Oc1cc(Oc2ccc(C(F)(F)F)cc2Cl)ccc1[N+](=O)[O-]. The molecular formula is C23H17ClF3NO7. The van der Waals surface area contributed by atoms with Crippen LogP contribution in [0.15, 0.2) is 66.7 Å².